The van der Waals surface area contributed by atoms with Gasteiger partial charge in [0.15, 0.2) is 0 Å². The van der Waals surface area contributed by atoms with Crippen LogP contribution in [0.25, 0.3) is 0 Å². The van der Waals surface area contributed by atoms with Crippen LogP contribution in [0.4, 0.5) is 0 Å². The van der Waals surface area contributed by atoms with Crippen molar-refractivity contribution in [1.29, 1.82) is 0 Å². The fourth-order valence-corrected chi connectivity index (χ4v) is 2.48. The second-order valence-corrected chi connectivity index (χ2v) is 5.52. The van der Waals surface area contributed by atoms with Gasteiger partial charge >= 0.3 is 0 Å². The van der Waals surface area contributed by atoms with Gasteiger partial charge in [-0.2, -0.15) is 0 Å². The molecule has 0 radical (unpaired) electrons. The maximum absolute atomic E-state index is 11.4. The average molecular weight is 240 g/mol. The van der Waals surface area contributed by atoms with E-state index in [9.17, 15) is 4.79 Å². The van der Waals surface area contributed by atoms with E-state index < -0.39 is 0 Å². The number of nitrogens with one attached hydrogen (secondary N) is 2. The summed E-state index contributed by atoms with van der Waals surface area (Å²) in [5.74, 6) is 1.85. The Kier molecular flexibility index (Phi) is 6.56. The predicted octanol–water partition coefficient (Wildman–Crippen LogP) is 2.32. The highest BCUT2D eigenvalue weighted by molar-refractivity contribution is 5.75. The predicted molar refractivity (Wildman–Crippen MR) is 71.9 cm³/mol. The summed E-state index contributed by atoms with van der Waals surface area (Å²) in [5, 5.41) is 6.43. The molecule has 1 rings (SSSR count). The average Bonchev–Trinajstić information content (AvgIpc) is 2.31. The Morgan fingerprint density at radius 1 is 1.18 bits per heavy atom. The molecule has 0 bridgehead atoms. The van der Waals surface area contributed by atoms with E-state index in [1.165, 1.54) is 19.3 Å². The molecule has 0 aromatic rings. The SMILES string of the molecule is CCCNC(=O)CCNC1CCC(C)C(C)C1. The first-order chi connectivity index (χ1) is 8.13. The number of rotatable bonds is 6. The van der Waals surface area contributed by atoms with Crippen LogP contribution in [0.15, 0.2) is 0 Å². The summed E-state index contributed by atoms with van der Waals surface area (Å²) in [6, 6.07) is 0.625. The number of carbonyl (C=O) groups excluding carboxylic acids is 1. The second kappa shape index (κ2) is 7.70. The van der Waals surface area contributed by atoms with E-state index in [1.54, 1.807) is 0 Å². The van der Waals surface area contributed by atoms with Crippen molar-refractivity contribution in [1.82, 2.24) is 10.6 Å². The molecule has 100 valence electrons. The molecule has 1 saturated carbocycles. The molecule has 0 aliphatic heterocycles. The van der Waals surface area contributed by atoms with E-state index in [-0.39, 0.29) is 5.91 Å². The molecule has 0 spiro atoms. The van der Waals surface area contributed by atoms with Gasteiger partial charge in [0.1, 0.15) is 0 Å². The third kappa shape index (κ3) is 5.53. The van der Waals surface area contributed by atoms with Crippen molar-refractivity contribution in [2.75, 3.05) is 13.1 Å². The number of carbonyl (C=O) groups is 1. The van der Waals surface area contributed by atoms with Gasteiger partial charge in [-0.25, -0.2) is 0 Å². The van der Waals surface area contributed by atoms with Gasteiger partial charge < -0.3 is 10.6 Å². The van der Waals surface area contributed by atoms with Crippen molar-refractivity contribution in [3.63, 3.8) is 0 Å². The van der Waals surface area contributed by atoms with Crippen LogP contribution < -0.4 is 10.6 Å². The first-order valence-corrected chi connectivity index (χ1v) is 7.13. The van der Waals surface area contributed by atoms with Gasteiger partial charge in [0.25, 0.3) is 0 Å². The van der Waals surface area contributed by atoms with Crippen LogP contribution in [0.2, 0.25) is 0 Å². The van der Waals surface area contributed by atoms with Gasteiger partial charge in [0, 0.05) is 25.6 Å². The number of hydrogen-bond donors (Lipinski definition) is 2. The van der Waals surface area contributed by atoms with Crippen molar-refractivity contribution in [2.24, 2.45) is 11.8 Å². The summed E-state index contributed by atoms with van der Waals surface area (Å²) in [6.07, 6.45) is 5.47. The number of amides is 1. The van der Waals surface area contributed by atoms with Crippen molar-refractivity contribution in [2.45, 2.75) is 58.9 Å². The first kappa shape index (κ1) is 14.5. The largest absolute Gasteiger partial charge is 0.356 e. The van der Waals surface area contributed by atoms with Gasteiger partial charge in [-0.1, -0.05) is 20.8 Å². The molecular weight excluding hydrogens is 212 g/mol. The van der Waals surface area contributed by atoms with E-state index in [1.807, 2.05) is 0 Å². The van der Waals surface area contributed by atoms with Gasteiger partial charge in [0.05, 0.1) is 0 Å². The molecule has 3 nitrogen and oxygen atoms in total. The Hall–Kier alpha value is -0.570. The third-order valence-electron chi connectivity index (χ3n) is 3.96. The van der Waals surface area contributed by atoms with E-state index >= 15 is 0 Å². The number of hydrogen-bond acceptors (Lipinski definition) is 2. The Labute approximate surface area is 106 Å². The standard InChI is InChI=1S/C14H28N2O/c1-4-8-16-14(17)7-9-15-13-6-5-11(2)12(3)10-13/h11-13,15H,4-10H2,1-3H3,(H,16,17). The van der Waals surface area contributed by atoms with E-state index in [0.29, 0.717) is 12.5 Å². The Balaban J connectivity index is 2.08. The van der Waals surface area contributed by atoms with Crippen LogP contribution in [0, 0.1) is 11.8 Å². The third-order valence-corrected chi connectivity index (χ3v) is 3.96. The highest BCUT2D eigenvalue weighted by atomic mass is 16.1. The fraction of sp³-hybridized carbons (Fsp3) is 0.929. The molecule has 17 heavy (non-hydrogen) atoms. The minimum Gasteiger partial charge on any atom is -0.356 e. The molecule has 0 heterocycles. The van der Waals surface area contributed by atoms with Crippen molar-refractivity contribution < 1.29 is 4.79 Å². The molecule has 1 aliphatic rings. The van der Waals surface area contributed by atoms with E-state index in [2.05, 4.69) is 31.4 Å². The van der Waals surface area contributed by atoms with Gasteiger partial charge in [-0.15, -0.1) is 0 Å². The van der Waals surface area contributed by atoms with Crippen LogP contribution in [0.5, 0.6) is 0 Å². The Morgan fingerprint density at radius 3 is 2.59 bits per heavy atom. The summed E-state index contributed by atoms with van der Waals surface area (Å²) in [7, 11) is 0. The maximum atomic E-state index is 11.4. The summed E-state index contributed by atoms with van der Waals surface area (Å²) >= 11 is 0. The molecule has 3 atom stereocenters. The fourth-order valence-electron chi connectivity index (χ4n) is 2.48. The van der Waals surface area contributed by atoms with Gasteiger partial charge in [-0.05, 0) is 37.5 Å². The molecule has 3 unspecified atom stereocenters. The lowest BCUT2D eigenvalue weighted by Gasteiger charge is -2.32. The molecule has 2 N–H and O–H groups in total. The lowest BCUT2D eigenvalue weighted by atomic mass is 9.79. The second-order valence-electron chi connectivity index (χ2n) is 5.52. The van der Waals surface area contributed by atoms with Crippen LogP contribution in [-0.2, 0) is 4.79 Å². The Bertz CT molecular complexity index is 230. The first-order valence-electron chi connectivity index (χ1n) is 7.13. The van der Waals surface area contributed by atoms with Gasteiger partial charge in [-0.3, -0.25) is 4.79 Å². The Morgan fingerprint density at radius 2 is 1.94 bits per heavy atom. The van der Waals surface area contributed by atoms with Crippen LogP contribution in [0.1, 0.15) is 52.9 Å². The van der Waals surface area contributed by atoms with Gasteiger partial charge in [0.2, 0.25) is 5.91 Å². The zero-order valence-corrected chi connectivity index (χ0v) is 11.6. The lowest BCUT2D eigenvalue weighted by Crippen LogP contribution is -2.38. The lowest BCUT2D eigenvalue weighted by molar-refractivity contribution is -0.121. The van der Waals surface area contributed by atoms with Crippen LogP contribution in [0.3, 0.4) is 0 Å². The summed E-state index contributed by atoms with van der Waals surface area (Å²) < 4.78 is 0. The van der Waals surface area contributed by atoms with E-state index in [4.69, 9.17) is 0 Å². The zero-order chi connectivity index (χ0) is 12.7. The molecule has 0 aromatic heterocycles. The molecule has 0 aromatic carbocycles. The van der Waals surface area contributed by atoms with Crippen LogP contribution in [-0.4, -0.2) is 25.0 Å². The smallest absolute Gasteiger partial charge is 0.221 e. The van der Waals surface area contributed by atoms with Crippen molar-refractivity contribution in [3.8, 4) is 0 Å². The molecule has 3 heteroatoms. The maximum Gasteiger partial charge on any atom is 0.221 e. The highest BCUT2D eigenvalue weighted by Gasteiger charge is 2.23. The summed E-state index contributed by atoms with van der Waals surface area (Å²) in [5.41, 5.74) is 0. The monoisotopic (exact) mass is 240 g/mol. The minimum absolute atomic E-state index is 0.177. The zero-order valence-electron chi connectivity index (χ0n) is 11.6. The topological polar surface area (TPSA) is 41.1 Å². The molecule has 1 amide bonds. The molecule has 1 aliphatic carbocycles. The van der Waals surface area contributed by atoms with E-state index in [0.717, 1.165) is 31.3 Å². The summed E-state index contributed by atoms with van der Waals surface area (Å²) in [6.45, 7) is 8.38. The normalized spacial score (nSPS) is 29.0. The molecule has 1 fully saturated rings. The van der Waals surface area contributed by atoms with Crippen molar-refractivity contribution >= 4 is 5.91 Å². The quantitative estimate of drug-likeness (QED) is 0.748. The molecule has 0 saturated heterocycles. The highest BCUT2D eigenvalue weighted by Crippen LogP contribution is 2.29. The minimum atomic E-state index is 0.177. The van der Waals surface area contributed by atoms with Crippen molar-refractivity contribution in [3.05, 3.63) is 0 Å². The summed E-state index contributed by atoms with van der Waals surface area (Å²) in [4.78, 5) is 11.4. The van der Waals surface area contributed by atoms with Crippen LogP contribution >= 0.6 is 0 Å². The molecular formula is C14H28N2O.